The Hall–Kier alpha value is -1.36. The lowest BCUT2D eigenvalue weighted by Crippen LogP contribution is -2.25. The quantitative estimate of drug-likeness (QED) is 0.897. The molecule has 1 unspecified atom stereocenters. The van der Waals surface area contributed by atoms with Crippen molar-refractivity contribution >= 4 is 0 Å². The topological polar surface area (TPSA) is 30.5 Å². The predicted molar refractivity (Wildman–Crippen MR) is 64.2 cm³/mol. The SMILES string of the molecule is COc1cc(OC)c(F)c(CC2CCCN2)c1F. The van der Waals surface area contributed by atoms with Gasteiger partial charge in [-0.15, -0.1) is 0 Å². The fourth-order valence-electron chi connectivity index (χ4n) is 2.29. The highest BCUT2D eigenvalue weighted by molar-refractivity contribution is 5.42. The lowest BCUT2D eigenvalue weighted by Gasteiger charge is -2.15. The van der Waals surface area contributed by atoms with Gasteiger partial charge < -0.3 is 14.8 Å². The number of hydrogen-bond donors (Lipinski definition) is 1. The summed E-state index contributed by atoms with van der Waals surface area (Å²) in [6.07, 6.45) is 2.28. The molecule has 1 aromatic rings. The van der Waals surface area contributed by atoms with Crippen LogP contribution in [0.1, 0.15) is 18.4 Å². The largest absolute Gasteiger partial charge is 0.494 e. The highest BCUT2D eigenvalue weighted by Crippen LogP contribution is 2.32. The average molecular weight is 257 g/mol. The zero-order chi connectivity index (χ0) is 13.1. The van der Waals surface area contributed by atoms with Crippen molar-refractivity contribution < 1.29 is 18.3 Å². The number of benzene rings is 1. The van der Waals surface area contributed by atoms with Gasteiger partial charge in [-0.25, -0.2) is 8.78 Å². The molecule has 0 saturated carbocycles. The van der Waals surface area contributed by atoms with E-state index in [1.807, 2.05) is 0 Å². The molecular formula is C13H17F2NO2. The van der Waals surface area contributed by atoms with Gasteiger partial charge in [-0.1, -0.05) is 0 Å². The third kappa shape index (κ3) is 2.41. The van der Waals surface area contributed by atoms with Crippen LogP contribution in [0.25, 0.3) is 0 Å². The van der Waals surface area contributed by atoms with Crippen LogP contribution in [0.15, 0.2) is 6.07 Å². The van der Waals surface area contributed by atoms with Gasteiger partial charge in [0, 0.05) is 17.7 Å². The third-order valence-corrected chi connectivity index (χ3v) is 3.28. The molecule has 5 heteroatoms. The number of methoxy groups -OCH3 is 2. The molecule has 0 aliphatic carbocycles. The van der Waals surface area contributed by atoms with E-state index in [2.05, 4.69) is 5.32 Å². The summed E-state index contributed by atoms with van der Waals surface area (Å²) in [5.41, 5.74) is 0.0330. The zero-order valence-electron chi connectivity index (χ0n) is 10.6. The molecule has 0 bridgehead atoms. The molecule has 1 N–H and O–H groups in total. The fraction of sp³-hybridized carbons (Fsp3) is 0.538. The van der Waals surface area contributed by atoms with Crippen LogP contribution in [0.5, 0.6) is 11.5 Å². The Kier molecular flexibility index (Phi) is 4.01. The molecule has 1 fully saturated rings. The minimum absolute atomic E-state index is 0.0150. The molecule has 1 aliphatic heterocycles. The van der Waals surface area contributed by atoms with E-state index in [9.17, 15) is 8.78 Å². The summed E-state index contributed by atoms with van der Waals surface area (Å²) in [5, 5.41) is 3.22. The van der Waals surface area contributed by atoms with Crippen molar-refractivity contribution in [2.24, 2.45) is 0 Å². The number of hydrogen-bond acceptors (Lipinski definition) is 3. The Morgan fingerprint density at radius 1 is 1.22 bits per heavy atom. The first-order chi connectivity index (χ1) is 8.67. The second-order valence-electron chi connectivity index (χ2n) is 4.39. The van der Waals surface area contributed by atoms with Gasteiger partial charge in [0.15, 0.2) is 23.1 Å². The van der Waals surface area contributed by atoms with Gasteiger partial charge in [-0.05, 0) is 25.8 Å². The molecule has 1 aliphatic rings. The van der Waals surface area contributed by atoms with Crippen molar-refractivity contribution in [1.82, 2.24) is 5.32 Å². The van der Waals surface area contributed by atoms with E-state index in [-0.39, 0.29) is 23.1 Å². The Labute approximate surface area is 105 Å². The van der Waals surface area contributed by atoms with Crippen LogP contribution in [-0.2, 0) is 6.42 Å². The lowest BCUT2D eigenvalue weighted by molar-refractivity contribution is 0.351. The van der Waals surface area contributed by atoms with Crippen LogP contribution in [0, 0.1) is 11.6 Å². The molecule has 1 saturated heterocycles. The summed E-state index contributed by atoms with van der Waals surface area (Å²) in [5.74, 6) is -1.24. The van der Waals surface area contributed by atoms with E-state index in [1.54, 1.807) is 0 Å². The average Bonchev–Trinajstić information content (AvgIpc) is 2.88. The molecular weight excluding hydrogens is 240 g/mol. The maximum atomic E-state index is 14.1. The van der Waals surface area contributed by atoms with Crippen molar-refractivity contribution in [3.8, 4) is 11.5 Å². The minimum atomic E-state index is -0.635. The van der Waals surface area contributed by atoms with Gasteiger partial charge in [-0.3, -0.25) is 0 Å². The highest BCUT2D eigenvalue weighted by atomic mass is 19.1. The molecule has 1 heterocycles. The number of nitrogens with one attached hydrogen (secondary N) is 1. The summed E-state index contributed by atoms with van der Waals surface area (Å²) in [6.45, 7) is 0.898. The lowest BCUT2D eigenvalue weighted by atomic mass is 10.0. The number of halogens is 2. The van der Waals surface area contributed by atoms with E-state index in [0.717, 1.165) is 19.4 Å². The first-order valence-corrected chi connectivity index (χ1v) is 5.99. The van der Waals surface area contributed by atoms with Gasteiger partial charge in [0.05, 0.1) is 14.2 Å². The summed E-state index contributed by atoms with van der Waals surface area (Å²) in [6, 6.07) is 1.35. The highest BCUT2D eigenvalue weighted by Gasteiger charge is 2.24. The summed E-state index contributed by atoms with van der Waals surface area (Å²) >= 11 is 0. The molecule has 0 amide bonds. The van der Waals surface area contributed by atoms with Gasteiger partial charge >= 0.3 is 0 Å². The summed E-state index contributed by atoms with van der Waals surface area (Å²) < 4.78 is 37.9. The van der Waals surface area contributed by atoms with Crippen LogP contribution >= 0.6 is 0 Å². The molecule has 18 heavy (non-hydrogen) atoms. The first kappa shape index (κ1) is 13.1. The van der Waals surface area contributed by atoms with Crippen molar-refractivity contribution in [2.75, 3.05) is 20.8 Å². The van der Waals surface area contributed by atoms with Crippen LogP contribution in [0.4, 0.5) is 8.78 Å². The van der Waals surface area contributed by atoms with Gasteiger partial charge in [0.2, 0.25) is 0 Å². The molecule has 1 atom stereocenters. The van der Waals surface area contributed by atoms with E-state index >= 15 is 0 Å². The van der Waals surface area contributed by atoms with E-state index in [1.165, 1.54) is 20.3 Å². The molecule has 100 valence electrons. The summed E-state index contributed by atoms with van der Waals surface area (Å²) in [7, 11) is 2.71. The predicted octanol–water partition coefficient (Wildman–Crippen LogP) is 2.28. The third-order valence-electron chi connectivity index (χ3n) is 3.28. The Bertz CT molecular complexity index is 403. The van der Waals surface area contributed by atoms with Crippen molar-refractivity contribution in [3.63, 3.8) is 0 Å². The van der Waals surface area contributed by atoms with Crippen LogP contribution in [0.3, 0.4) is 0 Å². The second kappa shape index (κ2) is 5.52. The molecule has 1 aromatic carbocycles. The molecule has 0 radical (unpaired) electrons. The van der Waals surface area contributed by atoms with E-state index in [0.29, 0.717) is 6.42 Å². The number of ether oxygens (including phenoxy) is 2. The molecule has 0 spiro atoms. The maximum Gasteiger partial charge on any atom is 0.171 e. The normalized spacial score (nSPS) is 19.0. The summed E-state index contributed by atoms with van der Waals surface area (Å²) in [4.78, 5) is 0. The van der Waals surface area contributed by atoms with Gasteiger partial charge in [0.25, 0.3) is 0 Å². The molecule has 3 nitrogen and oxygen atoms in total. The smallest absolute Gasteiger partial charge is 0.171 e. The van der Waals surface area contributed by atoms with Crippen molar-refractivity contribution in [2.45, 2.75) is 25.3 Å². The van der Waals surface area contributed by atoms with Crippen LogP contribution in [-0.4, -0.2) is 26.8 Å². The van der Waals surface area contributed by atoms with E-state index in [4.69, 9.17) is 9.47 Å². The zero-order valence-corrected chi connectivity index (χ0v) is 10.6. The Morgan fingerprint density at radius 3 is 2.28 bits per heavy atom. The van der Waals surface area contributed by atoms with Crippen LogP contribution < -0.4 is 14.8 Å². The molecule has 0 aromatic heterocycles. The second-order valence-corrected chi connectivity index (χ2v) is 4.39. The molecule has 2 rings (SSSR count). The first-order valence-electron chi connectivity index (χ1n) is 5.99. The Morgan fingerprint density at radius 2 is 1.83 bits per heavy atom. The van der Waals surface area contributed by atoms with Gasteiger partial charge in [-0.2, -0.15) is 0 Å². The minimum Gasteiger partial charge on any atom is -0.494 e. The fourth-order valence-corrected chi connectivity index (χ4v) is 2.29. The monoisotopic (exact) mass is 257 g/mol. The Balaban J connectivity index is 2.36. The van der Waals surface area contributed by atoms with Crippen molar-refractivity contribution in [1.29, 1.82) is 0 Å². The van der Waals surface area contributed by atoms with Crippen LogP contribution in [0.2, 0.25) is 0 Å². The van der Waals surface area contributed by atoms with E-state index < -0.39 is 11.6 Å². The maximum absolute atomic E-state index is 14.1. The standard InChI is InChI=1S/C13H17F2NO2/c1-17-10-7-11(18-2)13(15)9(12(10)14)6-8-4-3-5-16-8/h7-8,16H,3-6H2,1-2H3. The van der Waals surface area contributed by atoms with Gasteiger partial charge in [0.1, 0.15) is 0 Å². The van der Waals surface area contributed by atoms with Crippen molar-refractivity contribution in [3.05, 3.63) is 23.3 Å². The number of rotatable bonds is 4.